The van der Waals surface area contributed by atoms with Crippen molar-refractivity contribution in [2.24, 2.45) is 0 Å². The van der Waals surface area contributed by atoms with Gasteiger partial charge in [-0.1, -0.05) is 17.8 Å². The first-order valence-corrected chi connectivity index (χ1v) is 14.6. The summed E-state index contributed by atoms with van der Waals surface area (Å²) in [6.45, 7) is 2.57. The van der Waals surface area contributed by atoms with Crippen LogP contribution in [-0.4, -0.2) is 21.6 Å². The molecule has 0 amide bonds. The molecule has 3 heterocycles. The molecule has 2 atom stereocenters. The summed E-state index contributed by atoms with van der Waals surface area (Å²) in [6, 6.07) is 31.7. The van der Waals surface area contributed by atoms with Crippen LogP contribution in [0, 0.1) is 10.1 Å². The van der Waals surface area contributed by atoms with Gasteiger partial charge in [0.05, 0.1) is 23.3 Å². The molecule has 1 aliphatic heterocycles. The first kappa shape index (κ1) is 27.5. The van der Waals surface area contributed by atoms with Crippen molar-refractivity contribution < 1.29 is 14.1 Å². The van der Waals surface area contributed by atoms with Gasteiger partial charge in [0.2, 0.25) is 0 Å². The van der Waals surface area contributed by atoms with Crippen LogP contribution in [0.1, 0.15) is 30.5 Å². The van der Waals surface area contributed by atoms with Gasteiger partial charge in [0.1, 0.15) is 23.3 Å². The molecule has 8 nitrogen and oxygen atoms in total. The van der Waals surface area contributed by atoms with E-state index in [0.29, 0.717) is 11.7 Å². The molecule has 1 saturated heterocycles. The zero-order valence-corrected chi connectivity index (χ0v) is 24.2. The van der Waals surface area contributed by atoms with Crippen LogP contribution in [0.15, 0.2) is 124 Å². The lowest BCUT2D eigenvalue weighted by Crippen LogP contribution is -2.29. The summed E-state index contributed by atoms with van der Waals surface area (Å²) in [5.74, 6) is 2.32. The number of benzene rings is 3. The van der Waals surface area contributed by atoms with Gasteiger partial charge in [0.25, 0.3) is 5.69 Å². The molecule has 0 spiro atoms. The van der Waals surface area contributed by atoms with E-state index in [0.717, 1.165) is 44.0 Å². The molecule has 1 fully saturated rings. The van der Waals surface area contributed by atoms with Gasteiger partial charge in [-0.25, -0.2) is 0 Å². The summed E-state index contributed by atoms with van der Waals surface area (Å²) in [5, 5.41) is 15.0. The van der Waals surface area contributed by atoms with E-state index < -0.39 is 4.92 Å². The Kier molecular flexibility index (Phi) is 7.89. The average molecular weight is 595 g/mol. The van der Waals surface area contributed by atoms with Crippen molar-refractivity contribution in [3.05, 3.63) is 131 Å². The van der Waals surface area contributed by atoms with Gasteiger partial charge in [0.15, 0.2) is 5.11 Å². The summed E-state index contributed by atoms with van der Waals surface area (Å²) in [6.07, 6.45) is 1.78. The molecule has 42 heavy (non-hydrogen) atoms. The molecule has 0 bridgehead atoms. The highest BCUT2D eigenvalue weighted by molar-refractivity contribution is 7.99. The lowest BCUT2D eigenvalue weighted by atomic mass is 10.0. The summed E-state index contributed by atoms with van der Waals surface area (Å²) in [4.78, 5) is 19.2. The van der Waals surface area contributed by atoms with Crippen molar-refractivity contribution in [2.75, 3.05) is 11.5 Å². The summed E-state index contributed by atoms with van der Waals surface area (Å²) in [7, 11) is 0. The third kappa shape index (κ3) is 5.72. The SMILES string of the molecule is CCOc1ccc(-c2ccc([C@H]3[C@H](c4ccccn4)NC(=S)N3c3ccc(Sc4ccc([N+](=O)[O-])cc4)cc3)o2)cc1. The van der Waals surface area contributed by atoms with Crippen LogP contribution in [0.2, 0.25) is 0 Å². The smallest absolute Gasteiger partial charge is 0.269 e. The molecule has 1 N–H and O–H groups in total. The fourth-order valence-electron chi connectivity index (χ4n) is 4.92. The summed E-state index contributed by atoms with van der Waals surface area (Å²) >= 11 is 7.39. The number of hydrogen-bond acceptors (Lipinski definition) is 7. The fraction of sp³-hybridized carbons (Fsp3) is 0.125. The number of pyridine rings is 1. The quantitative estimate of drug-likeness (QED) is 0.104. The third-order valence-corrected chi connectivity index (χ3v) is 8.19. The van der Waals surface area contributed by atoms with Gasteiger partial charge in [-0.05, 0) is 104 Å². The van der Waals surface area contributed by atoms with Crippen molar-refractivity contribution in [3.63, 3.8) is 0 Å². The number of nitro groups is 1. The number of non-ortho nitro benzene ring substituents is 1. The van der Waals surface area contributed by atoms with Gasteiger partial charge < -0.3 is 19.4 Å². The van der Waals surface area contributed by atoms with E-state index in [1.807, 2.05) is 85.8 Å². The Morgan fingerprint density at radius 1 is 0.976 bits per heavy atom. The molecule has 3 aromatic carbocycles. The van der Waals surface area contributed by atoms with E-state index in [2.05, 4.69) is 15.2 Å². The van der Waals surface area contributed by atoms with Crippen LogP contribution in [0.3, 0.4) is 0 Å². The number of furan rings is 1. The Labute approximate surface area is 252 Å². The van der Waals surface area contributed by atoms with Crippen molar-refractivity contribution in [3.8, 4) is 17.1 Å². The molecule has 6 rings (SSSR count). The van der Waals surface area contributed by atoms with Gasteiger partial charge in [-0.2, -0.15) is 0 Å². The molecular formula is C32H26N4O4S2. The van der Waals surface area contributed by atoms with E-state index in [1.54, 1.807) is 18.3 Å². The van der Waals surface area contributed by atoms with Crippen LogP contribution in [0.5, 0.6) is 5.75 Å². The molecule has 0 saturated carbocycles. The van der Waals surface area contributed by atoms with Crippen molar-refractivity contribution in [1.82, 2.24) is 10.3 Å². The van der Waals surface area contributed by atoms with Crippen LogP contribution in [0.25, 0.3) is 11.3 Å². The zero-order valence-electron chi connectivity index (χ0n) is 22.5. The third-order valence-electron chi connectivity index (χ3n) is 6.86. The Morgan fingerprint density at radius 2 is 1.69 bits per heavy atom. The maximum absolute atomic E-state index is 11.0. The minimum atomic E-state index is -0.398. The van der Waals surface area contributed by atoms with E-state index >= 15 is 0 Å². The van der Waals surface area contributed by atoms with Crippen molar-refractivity contribution in [1.29, 1.82) is 0 Å². The molecule has 1 aliphatic rings. The summed E-state index contributed by atoms with van der Waals surface area (Å²) < 4.78 is 12.1. The van der Waals surface area contributed by atoms with Gasteiger partial charge in [-0.3, -0.25) is 15.1 Å². The highest BCUT2D eigenvalue weighted by Gasteiger charge is 2.42. The lowest BCUT2D eigenvalue weighted by molar-refractivity contribution is -0.384. The standard InChI is InChI=1S/C32H26N4O4S2/c1-2-39-24-12-6-21(7-13-24)28-18-19-29(40-28)31-30(27-5-3-4-20-33-27)34-32(41)35(31)22-8-14-25(15-9-22)42-26-16-10-23(11-17-26)36(37)38/h3-20,30-31H,2H2,1H3,(H,34,41)/t30-,31-/m0/s1. The Hall–Kier alpha value is -4.67. The first-order valence-electron chi connectivity index (χ1n) is 13.4. The van der Waals surface area contributed by atoms with Crippen LogP contribution in [0.4, 0.5) is 11.4 Å². The highest BCUT2D eigenvalue weighted by Crippen LogP contribution is 2.43. The Balaban J connectivity index is 1.30. The second-order valence-electron chi connectivity index (χ2n) is 9.50. The largest absolute Gasteiger partial charge is 0.494 e. The molecule has 0 unspecified atom stereocenters. The Bertz CT molecular complexity index is 1690. The molecule has 5 aromatic rings. The fourth-order valence-corrected chi connectivity index (χ4v) is 6.08. The molecule has 10 heteroatoms. The number of nitrogens with zero attached hydrogens (tertiary/aromatic N) is 3. The molecule has 2 aromatic heterocycles. The predicted molar refractivity (Wildman–Crippen MR) is 167 cm³/mol. The van der Waals surface area contributed by atoms with E-state index in [-0.39, 0.29) is 17.8 Å². The number of nitrogens with one attached hydrogen (secondary N) is 1. The molecular weight excluding hydrogens is 569 g/mol. The second-order valence-corrected chi connectivity index (χ2v) is 11.0. The van der Waals surface area contributed by atoms with Crippen LogP contribution in [-0.2, 0) is 0 Å². The Morgan fingerprint density at radius 3 is 2.33 bits per heavy atom. The summed E-state index contributed by atoms with van der Waals surface area (Å²) in [5.41, 5.74) is 2.79. The number of aromatic nitrogens is 1. The zero-order chi connectivity index (χ0) is 29.1. The van der Waals surface area contributed by atoms with Gasteiger partial charge in [0, 0.05) is 39.4 Å². The normalized spacial score (nSPS) is 16.3. The van der Waals surface area contributed by atoms with E-state index in [9.17, 15) is 10.1 Å². The van der Waals surface area contributed by atoms with Gasteiger partial charge >= 0.3 is 0 Å². The van der Waals surface area contributed by atoms with Crippen molar-refractivity contribution in [2.45, 2.75) is 28.8 Å². The monoisotopic (exact) mass is 594 g/mol. The maximum Gasteiger partial charge on any atom is 0.269 e. The van der Waals surface area contributed by atoms with Crippen LogP contribution >= 0.6 is 24.0 Å². The van der Waals surface area contributed by atoms with Gasteiger partial charge in [-0.15, -0.1) is 0 Å². The highest BCUT2D eigenvalue weighted by atomic mass is 32.2. The topological polar surface area (TPSA) is 93.7 Å². The maximum atomic E-state index is 11.0. The predicted octanol–water partition coefficient (Wildman–Crippen LogP) is 7.98. The molecule has 210 valence electrons. The van der Waals surface area contributed by atoms with Crippen LogP contribution < -0.4 is 15.0 Å². The number of anilines is 1. The van der Waals surface area contributed by atoms with E-state index in [4.69, 9.17) is 21.4 Å². The van der Waals surface area contributed by atoms with Crippen molar-refractivity contribution >= 4 is 40.5 Å². The second kappa shape index (κ2) is 12.1. The number of ether oxygens (including phenoxy) is 1. The number of hydrogen-bond donors (Lipinski definition) is 1. The number of thiocarbonyl (C=S) groups is 1. The number of nitro benzene ring substituents is 1. The number of rotatable bonds is 9. The minimum Gasteiger partial charge on any atom is -0.494 e. The minimum absolute atomic E-state index is 0.0712. The average Bonchev–Trinajstić information content (AvgIpc) is 3.64. The molecule has 0 aliphatic carbocycles. The first-order chi connectivity index (χ1) is 20.5. The lowest BCUT2D eigenvalue weighted by Gasteiger charge is -2.26. The molecule has 0 radical (unpaired) electrons. The van der Waals surface area contributed by atoms with E-state index in [1.165, 1.54) is 23.9 Å².